The van der Waals surface area contributed by atoms with Crippen LogP contribution in [-0.2, 0) is 24.7 Å². The third kappa shape index (κ3) is 5.79. The first-order chi connectivity index (χ1) is 20.8. The number of nitrogens with one attached hydrogen (secondary N) is 1. The van der Waals surface area contributed by atoms with Gasteiger partial charge in [-0.1, -0.05) is 24.3 Å². The van der Waals surface area contributed by atoms with Crippen molar-refractivity contribution in [1.29, 1.82) is 0 Å². The molecule has 43 heavy (non-hydrogen) atoms. The molecule has 0 radical (unpaired) electrons. The Balaban J connectivity index is 1.25. The molecule has 4 aromatic rings. The Kier molecular flexibility index (Phi) is 7.79. The molecule has 1 aromatic carbocycles. The number of aryl methyl sites for hydroxylation is 3. The fourth-order valence-corrected chi connectivity index (χ4v) is 5.89. The number of aliphatic imine (C=N–C) groups is 1. The second-order valence-corrected chi connectivity index (χ2v) is 11.5. The summed E-state index contributed by atoms with van der Waals surface area (Å²) in [6, 6.07) is 8.80. The van der Waals surface area contributed by atoms with Crippen LogP contribution in [0.1, 0.15) is 56.5 Å². The molecule has 11 heteroatoms. The Morgan fingerprint density at radius 1 is 1.14 bits per heavy atom. The maximum Gasteiger partial charge on any atom is 0.227 e. The number of amides is 1. The van der Waals surface area contributed by atoms with Gasteiger partial charge in [-0.05, 0) is 50.7 Å². The van der Waals surface area contributed by atoms with Gasteiger partial charge in [0.25, 0.3) is 0 Å². The molecule has 3 aromatic heterocycles. The molecule has 1 aliphatic heterocycles. The molecule has 1 amide bonds. The lowest BCUT2D eigenvalue weighted by molar-refractivity contribution is -0.130. The highest BCUT2D eigenvalue weighted by molar-refractivity contribution is 6.09. The lowest BCUT2D eigenvalue weighted by Crippen LogP contribution is -2.37. The maximum absolute atomic E-state index is 11.7. The molecule has 6 rings (SSSR count). The number of carbonyl (C=O) groups is 1. The molecule has 0 saturated carbocycles. The standard InChI is InChI=1S/C32H38N10O/c1-20(2)34-17-25(15-33)22-5-7-23(8-6-22)31-29-28(39-40(31)4)10-9-24-16-35-32(38-30(24)29)37-26-18-36-42(19-26)27-11-13-41(14-12-27)21(3)43/h5-8,15-20,27H,9-14,33H2,1-4H3,(H,35,37,38)/b25-15+,34-17?. The molecular formula is C32H38N10O. The van der Waals surface area contributed by atoms with Crippen LogP contribution < -0.4 is 11.1 Å². The van der Waals surface area contributed by atoms with Crippen molar-refractivity contribution < 1.29 is 4.79 Å². The summed E-state index contributed by atoms with van der Waals surface area (Å²) in [5.41, 5.74) is 14.8. The first kappa shape index (κ1) is 28.3. The van der Waals surface area contributed by atoms with Crippen LogP contribution >= 0.6 is 0 Å². The van der Waals surface area contributed by atoms with E-state index in [9.17, 15) is 4.79 Å². The van der Waals surface area contributed by atoms with Crippen LogP contribution in [0.25, 0.3) is 28.1 Å². The van der Waals surface area contributed by atoms with Crippen molar-refractivity contribution in [1.82, 2.24) is 34.4 Å². The van der Waals surface area contributed by atoms with Gasteiger partial charge in [0.05, 0.1) is 35.0 Å². The van der Waals surface area contributed by atoms with E-state index in [2.05, 4.69) is 44.7 Å². The number of aromatic nitrogens is 6. The van der Waals surface area contributed by atoms with Crippen molar-refractivity contribution in [3.63, 3.8) is 0 Å². The molecule has 2 aliphatic rings. The van der Waals surface area contributed by atoms with Crippen LogP contribution in [0.3, 0.4) is 0 Å². The first-order valence-corrected chi connectivity index (χ1v) is 14.9. The SMILES string of the molecule is CC(=O)N1CCC(n2cc(Nc3ncc4c(n3)-c3c(nn(C)c3-c3ccc(/C(C=NC(C)C)=C/N)cc3)CC4)cn2)CC1. The lowest BCUT2D eigenvalue weighted by atomic mass is 9.91. The average Bonchev–Trinajstić information content (AvgIpc) is 3.61. The van der Waals surface area contributed by atoms with E-state index in [1.165, 1.54) is 0 Å². The number of hydrogen-bond donors (Lipinski definition) is 2. The number of anilines is 2. The fraction of sp³-hybridized carbons (Fsp3) is 0.375. The largest absolute Gasteiger partial charge is 0.404 e. The molecule has 1 saturated heterocycles. The minimum atomic E-state index is 0.132. The van der Waals surface area contributed by atoms with Crippen LogP contribution in [-0.4, -0.2) is 65.7 Å². The molecule has 222 valence electrons. The van der Waals surface area contributed by atoms with E-state index < -0.39 is 0 Å². The second-order valence-electron chi connectivity index (χ2n) is 11.5. The van der Waals surface area contributed by atoms with Crippen molar-refractivity contribution in [2.45, 2.75) is 58.5 Å². The average molecular weight is 579 g/mol. The molecule has 1 fully saturated rings. The van der Waals surface area contributed by atoms with Crippen LogP contribution in [0.2, 0.25) is 0 Å². The summed E-state index contributed by atoms with van der Waals surface area (Å²) in [6.45, 7) is 7.22. The van der Waals surface area contributed by atoms with Gasteiger partial charge in [-0.2, -0.15) is 10.2 Å². The van der Waals surface area contributed by atoms with Crippen molar-refractivity contribution in [3.8, 4) is 22.5 Å². The highest BCUT2D eigenvalue weighted by Gasteiger charge is 2.27. The number of likely N-dealkylation sites (tertiary alicyclic amines) is 1. The smallest absolute Gasteiger partial charge is 0.227 e. The first-order valence-electron chi connectivity index (χ1n) is 14.9. The second kappa shape index (κ2) is 11.8. The number of carbonyl (C=O) groups excluding carboxylic acids is 1. The van der Waals surface area contributed by atoms with Crippen molar-refractivity contribution in [2.75, 3.05) is 18.4 Å². The van der Waals surface area contributed by atoms with Gasteiger partial charge in [0.15, 0.2) is 0 Å². The predicted octanol–water partition coefficient (Wildman–Crippen LogP) is 4.55. The van der Waals surface area contributed by atoms with Crippen LogP contribution in [0.15, 0.2) is 54.0 Å². The highest BCUT2D eigenvalue weighted by Crippen LogP contribution is 2.40. The van der Waals surface area contributed by atoms with E-state index in [-0.39, 0.29) is 18.0 Å². The highest BCUT2D eigenvalue weighted by atomic mass is 16.2. The van der Waals surface area contributed by atoms with E-state index in [0.717, 1.165) is 89.4 Å². The third-order valence-corrected chi connectivity index (χ3v) is 8.18. The molecule has 0 spiro atoms. The van der Waals surface area contributed by atoms with Gasteiger partial charge in [-0.25, -0.2) is 9.97 Å². The van der Waals surface area contributed by atoms with Gasteiger partial charge in [-0.15, -0.1) is 0 Å². The summed E-state index contributed by atoms with van der Waals surface area (Å²) in [7, 11) is 1.98. The van der Waals surface area contributed by atoms with Gasteiger partial charge in [0.2, 0.25) is 11.9 Å². The normalized spacial score (nSPS) is 15.7. The minimum absolute atomic E-state index is 0.132. The minimum Gasteiger partial charge on any atom is -0.404 e. The molecular weight excluding hydrogens is 540 g/mol. The molecule has 0 atom stereocenters. The molecule has 3 N–H and O–H groups in total. The predicted molar refractivity (Wildman–Crippen MR) is 169 cm³/mol. The van der Waals surface area contributed by atoms with E-state index in [0.29, 0.717) is 5.95 Å². The van der Waals surface area contributed by atoms with E-state index in [4.69, 9.17) is 15.8 Å². The number of fused-ring (bicyclic) bond motifs is 3. The zero-order chi connectivity index (χ0) is 30.1. The van der Waals surface area contributed by atoms with E-state index in [1.54, 1.807) is 19.3 Å². The quantitative estimate of drug-likeness (QED) is 0.308. The van der Waals surface area contributed by atoms with E-state index in [1.807, 2.05) is 53.8 Å². The number of benzene rings is 1. The molecule has 0 unspecified atom stereocenters. The lowest BCUT2D eigenvalue weighted by Gasteiger charge is -2.31. The molecule has 1 aliphatic carbocycles. The Morgan fingerprint density at radius 2 is 1.91 bits per heavy atom. The number of allylic oxidation sites excluding steroid dienone is 1. The Morgan fingerprint density at radius 3 is 2.60 bits per heavy atom. The summed E-state index contributed by atoms with van der Waals surface area (Å²) in [4.78, 5) is 27.7. The number of nitrogens with two attached hydrogens (primary N) is 1. The van der Waals surface area contributed by atoms with Gasteiger partial charge in [0.1, 0.15) is 0 Å². The number of nitrogens with zero attached hydrogens (tertiary/aromatic N) is 8. The van der Waals surface area contributed by atoms with Crippen molar-refractivity contribution in [2.24, 2.45) is 17.8 Å². The Labute approximate surface area is 251 Å². The molecule has 0 bridgehead atoms. The summed E-state index contributed by atoms with van der Waals surface area (Å²) in [6.07, 6.45) is 12.6. The summed E-state index contributed by atoms with van der Waals surface area (Å²) < 4.78 is 3.94. The van der Waals surface area contributed by atoms with Crippen LogP contribution in [0, 0.1) is 0 Å². The topological polar surface area (TPSA) is 132 Å². The van der Waals surface area contributed by atoms with Crippen LogP contribution in [0.4, 0.5) is 11.6 Å². The monoisotopic (exact) mass is 578 g/mol. The van der Waals surface area contributed by atoms with Gasteiger partial charge < -0.3 is 16.0 Å². The Bertz CT molecular complexity index is 1690. The summed E-state index contributed by atoms with van der Waals surface area (Å²) in [5, 5.41) is 12.8. The number of piperidine rings is 1. The molecule has 11 nitrogen and oxygen atoms in total. The maximum atomic E-state index is 11.7. The molecule has 4 heterocycles. The number of rotatable bonds is 7. The fourth-order valence-electron chi connectivity index (χ4n) is 5.89. The van der Waals surface area contributed by atoms with Crippen LogP contribution in [0.5, 0.6) is 0 Å². The van der Waals surface area contributed by atoms with Gasteiger partial charge >= 0.3 is 0 Å². The Hall–Kier alpha value is -4.80. The van der Waals surface area contributed by atoms with E-state index >= 15 is 0 Å². The van der Waals surface area contributed by atoms with Gasteiger partial charge in [-0.3, -0.25) is 19.2 Å². The number of hydrogen-bond acceptors (Lipinski definition) is 8. The van der Waals surface area contributed by atoms with Gasteiger partial charge in [0, 0.05) is 74.6 Å². The summed E-state index contributed by atoms with van der Waals surface area (Å²) in [5.74, 6) is 0.651. The van der Waals surface area contributed by atoms with Crippen molar-refractivity contribution >= 4 is 29.3 Å². The zero-order valence-electron chi connectivity index (χ0n) is 25.2. The summed E-state index contributed by atoms with van der Waals surface area (Å²) >= 11 is 0. The zero-order valence-corrected chi connectivity index (χ0v) is 25.2. The van der Waals surface area contributed by atoms with Crippen molar-refractivity contribution in [3.05, 3.63) is 65.9 Å². The third-order valence-electron chi connectivity index (χ3n) is 8.18.